The second kappa shape index (κ2) is 4.84. The fraction of sp³-hybridized carbons (Fsp3) is 0.273. The molecule has 0 radical (unpaired) electrons. The number of benzene rings is 1. The molecule has 0 unspecified atom stereocenters. The Bertz CT molecular complexity index is 510. The van der Waals surface area contributed by atoms with Crippen molar-refractivity contribution in [2.24, 2.45) is 7.05 Å². The first-order valence-corrected chi connectivity index (χ1v) is 5.22. The number of phenolic OH excluding ortho intramolecular Hbond substituents is 2. The first kappa shape index (κ1) is 11.4. The summed E-state index contributed by atoms with van der Waals surface area (Å²) < 4.78 is 1.63. The molecule has 0 aliphatic rings. The maximum atomic E-state index is 9.57. The third kappa shape index (κ3) is 2.73. The van der Waals surface area contributed by atoms with Crippen molar-refractivity contribution in [1.29, 1.82) is 0 Å². The van der Waals surface area contributed by atoms with Gasteiger partial charge in [-0.3, -0.25) is 4.68 Å². The number of phenols is 2. The Hall–Kier alpha value is -2.08. The quantitative estimate of drug-likeness (QED) is 0.672. The lowest BCUT2D eigenvalue weighted by molar-refractivity contribution is 0.397. The van der Waals surface area contributed by atoms with E-state index in [1.165, 1.54) is 6.07 Å². The first-order chi connectivity index (χ1) is 8.16. The molecule has 6 nitrogen and oxygen atoms in total. The minimum Gasteiger partial charge on any atom is -0.504 e. The van der Waals surface area contributed by atoms with Crippen LogP contribution < -0.4 is 5.32 Å². The average molecular weight is 234 g/mol. The van der Waals surface area contributed by atoms with Crippen molar-refractivity contribution in [2.75, 3.05) is 0 Å². The van der Waals surface area contributed by atoms with E-state index in [4.69, 9.17) is 0 Å². The Kier molecular flexibility index (Phi) is 3.24. The zero-order valence-corrected chi connectivity index (χ0v) is 9.46. The third-order valence-corrected chi connectivity index (χ3v) is 2.34. The van der Waals surface area contributed by atoms with Crippen LogP contribution in [0.5, 0.6) is 11.5 Å². The molecule has 90 valence electrons. The molecule has 6 heteroatoms. The number of rotatable bonds is 4. The lowest BCUT2D eigenvalue weighted by Crippen LogP contribution is -2.14. The zero-order chi connectivity index (χ0) is 12.3. The second-order valence-corrected chi connectivity index (χ2v) is 3.72. The maximum Gasteiger partial charge on any atom is 0.164 e. The van der Waals surface area contributed by atoms with Gasteiger partial charge in [-0.15, -0.1) is 0 Å². The van der Waals surface area contributed by atoms with Crippen LogP contribution in [0.15, 0.2) is 24.5 Å². The van der Waals surface area contributed by atoms with Gasteiger partial charge >= 0.3 is 0 Å². The highest BCUT2D eigenvalue weighted by atomic mass is 16.3. The third-order valence-electron chi connectivity index (χ3n) is 2.34. The molecule has 2 rings (SSSR count). The molecule has 0 bridgehead atoms. The van der Waals surface area contributed by atoms with Crippen molar-refractivity contribution in [3.05, 3.63) is 35.9 Å². The molecule has 17 heavy (non-hydrogen) atoms. The van der Waals surface area contributed by atoms with E-state index in [1.807, 2.05) is 0 Å². The number of aromatic nitrogens is 3. The van der Waals surface area contributed by atoms with Gasteiger partial charge in [0, 0.05) is 19.2 Å². The number of aryl methyl sites for hydroxylation is 1. The van der Waals surface area contributed by atoms with Crippen LogP contribution in [0.3, 0.4) is 0 Å². The standard InChI is InChI=1S/C11H14N4O2/c1-15-7-13-10(14-15)6-12-5-8-3-2-4-9(16)11(8)17/h2-4,7,12,16-17H,5-6H2,1H3. The largest absolute Gasteiger partial charge is 0.504 e. The minimum absolute atomic E-state index is 0.0889. The Morgan fingerprint density at radius 3 is 2.82 bits per heavy atom. The Balaban J connectivity index is 1.92. The van der Waals surface area contributed by atoms with Crippen molar-refractivity contribution in [3.8, 4) is 11.5 Å². The molecule has 0 saturated heterocycles. The van der Waals surface area contributed by atoms with E-state index in [0.717, 1.165) is 0 Å². The monoisotopic (exact) mass is 234 g/mol. The number of nitrogens with zero attached hydrogens (tertiary/aromatic N) is 3. The second-order valence-electron chi connectivity index (χ2n) is 3.72. The summed E-state index contributed by atoms with van der Waals surface area (Å²) in [5, 5.41) is 26.1. The summed E-state index contributed by atoms with van der Waals surface area (Å²) in [5.41, 5.74) is 0.640. The molecule has 3 N–H and O–H groups in total. The summed E-state index contributed by atoms with van der Waals surface area (Å²) in [6.07, 6.45) is 1.63. The Labute approximate surface area is 98.5 Å². The van der Waals surface area contributed by atoms with E-state index in [-0.39, 0.29) is 11.5 Å². The van der Waals surface area contributed by atoms with Crippen LogP contribution in [0.1, 0.15) is 11.4 Å². The van der Waals surface area contributed by atoms with Crippen LogP contribution >= 0.6 is 0 Å². The first-order valence-electron chi connectivity index (χ1n) is 5.22. The Morgan fingerprint density at radius 1 is 1.29 bits per heavy atom. The smallest absolute Gasteiger partial charge is 0.164 e. The van der Waals surface area contributed by atoms with Gasteiger partial charge in [0.2, 0.25) is 0 Å². The predicted molar refractivity (Wildman–Crippen MR) is 61.3 cm³/mol. The van der Waals surface area contributed by atoms with Gasteiger partial charge in [0.25, 0.3) is 0 Å². The van der Waals surface area contributed by atoms with Crippen molar-refractivity contribution < 1.29 is 10.2 Å². The van der Waals surface area contributed by atoms with Crippen molar-refractivity contribution in [2.45, 2.75) is 13.1 Å². The molecule has 0 fully saturated rings. The fourth-order valence-electron chi connectivity index (χ4n) is 1.49. The summed E-state index contributed by atoms with van der Waals surface area (Å²) >= 11 is 0. The van der Waals surface area contributed by atoms with Crippen LogP contribution in [0.4, 0.5) is 0 Å². The van der Waals surface area contributed by atoms with Crippen LogP contribution in [-0.4, -0.2) is 25.0 Å². The summed E-state index contributed by atoms with van der Waals surface area (Å²) in [5.74, 6) is 0.487. The highest BCUT2D eigenvalue weighted by Gasteiger charge is 2.05. The van der Waals surface area contributed by atoms with E-state index in [2.05, 4.69) is 15.4 Å². The van der Waals surface area contributed by atoms with Crippen LogP contribution in [0.25, 0.3) is 0 Å². The van der Waals surface area contributed by atoms with E-state index < -0.39 is 0 Å². The molecule has 0 aliphatic heterocycles. The molecule has 0 spiro atoms. The lowest BCUT2D eigenvalue weighted by Gasteiger charge is -2.06. The van der Waals surface area contributed by atoms with Crippen molar-refractivity contribution in [3.63, 3.8) is 0 Å². The summed E-state index contributed by atoms with van der Waals surface area (Å²) in [6, 6.07) is 4.87. The maximum absolute atomic E-state index is 9.57. The minimum atomic E-state index is -0.111. The van der Waals surface area contributed by atoms with Gasteiger partial charge < -0.3 is 15.5 Å². The number of nitrogens with one attached hydrogen (secondary N) is 1. The summed E-state index contributed by atoms with van der Waals surface area (Å²) in [7, 11) is 1.80. The van der Waals surface area contributed by atoms with E-state index in [9.17, 15) is 10.2 Å². The lowest BCUT2D eigenvalue weighted by atomic mass is 10.2. The summed E-state index contributed by atoms with van der Waals surface area (Å²) in [6.45, 7) is 0.953. The zero-order valence-electron chi connectivity index (χ0n) is 9.46. The normalized spacial score (nSPS) is 10.6. The van der Waals surface area contributed by atoms with E-state index in [0.29, 0.717) is 24.5 Å². The van der Waals surface area contributed by atoms with E-state index in [1.54, 1.807) is 30.2 Å². The van der Waals surface area contributed by atoms with Gasteiger partial charge in [0.15, 0.2) is 17.3 Å². The summed E-state index contributed by atoms with van der Waals surface area (Å²) in [4.78, 5) is 4.06. The van der Waals surface area contributed by atoms with Gasteiger partial charge in [-0.25, -0.2) is 4.98 Å². The van der Waals surface area contributed by atoms with Crippen molar-refractivity contribution >= 4 is 0 Å². The highest BCUT2D eigenvalue weighted by Crippen LogP contribution is 2.27. The molecule has 0 atom stereocenters. The topological polar surface area (TPSA) is 83.2 Å². The molecular weight excluding hydrogens is 220 g/mol. The Morgan fingerprint density at radius 2 is 2.12 bits per heavy atom. The molecule has 1 heterocycles. The number of hydrogen-bond donors (Lipinski definition) is 3. The molecule has 0 aliphatic carbocycles. The van der Waals surface area contributed by atoms with Gasteiger partial charge in [-0.2, -0.15) is 5.10 Å². The molecule has 1 aromatic heterocycles. The fourth-order valence-corrected chi connectivity index (χ4v) is 1.49. The highest BCUT2D eigenvalue weighted by molar-refractivity contribution is 5.44. The molecule has 0 saturated carbocycles. The number of para-hydroxylation sites is 1. The molecular formula is C11H14N4O2. The van der Waals surface area contributed by atoms with Crippen LogP contribution in [0.2, 0.25) is 0 Å². The van der Waals surface area contributed by atoms with E-state index >= 15 is 0 Å². The SMILES string of the molecule is Cn1cnc(CNCc2cccc(O)c2O)n1. The number of aromatic hydroxyl groups is 2. The van der Waals surface area contributed by atoms with Crippen LogP contribution in [-0.2, 0) is 20.1 Å². The van der Waals surface area contributed by atoms with Crippen LogP contribution in [0, 0.1) is 0 Å². The predicted octanol–water partition coefficient (Wildman–Crippen LogP) is 0.516. The molecule has 0 amide bonds. The molecule has 1 aromatic carbocycles. The molecule has 2 aromatic rings. The van der Waals surface area contributed by atoms with Gasteiger partial charge in [0.05, 0.1) is 6.54 Å². The average Bonchev–Trinajstić information content (AvgIpc) is 2.70. The van der Waals surface area contributed by atoms with Gasteiger partial charge in [0.1, 0.15) is 6.33 Å². The number of hydrogen-bond acceptors (Lipinski definition) is 5. The van der Waals surface area contributed by atoms with Gasteiger partial charge in [-0.05, 0) is 6.07 Å². The van der Waals surface area contributed by atoms with Crippen molar-refractivity contribution in [1.82, 2.24) is 20.1 Å². The van der Waals surface area contributed by atoms with Gasteiger partial charge in [-0.1, -0.05) is 12.1 Å².